The van der Waals surface area contributed by atoms with Crippen LogP contribution in [0.3, 0.4) is 0 Å². The highest BCUT2D eigenvalue weighted by Crippen LogP contribution is 2.45. The number of esters is 1. The van der Waals surface area contributed by atoms with Gasteiger partial charge >= 0.3 is 11.4 Å². The van der Waals surface area contributed by atoms with Gasteiger partial charge in [0.2, 0.25) is 0 Å². The Morgan fingerprint density at radius 2 is 1.43 bits per heavy atom. The largest absolute Gasteiger partial charge is 0.469 e. The van der Waals surface area contributed by atoms with Crippen LogP contribution < -0.4 is 0 Å². The molecule has 0 atom stereocenters. The van der Waals surface area contributed by atoms with Crippen LogP contribution in [0.5, 0.6) is 0 Å². The summed E-state index contributed by atoms with van der Waals surface area (Å²) in [5.41, 5.74) is 3.41. The Morgan fingerprint density at radius 1 is 1.04 bits per heavy atom. The SMILES string of the molecule is C=C(C)C(=O)OC1c2ccccc2-c2ccccc21.O=C(O)Cl. The monoisotopic (exact) mass is 330 g/mol. The molecule has 2 aromatic carbocycles. The van der Waals surface area contributed by atoms with Crippen LogP contribution in [0.2, 0.25) is 0 Å². The summed E-state index contributed by atoms with van der Waals surface area (Å²) in [6.07, 6.45) is -0.323. The summed E-state index contributed by atoms with van der Waals surface area (Å²) in [5, 5.41) is 7.18. The zero-order chi connectivity index (χ0) is 17.0. The van der Waals surface area contributed by atoms with E-state index in [1.807, 2.05) is 36.4 Å². The van der Waals surface area contributed by atoms with E-state index in [2.05, 4.69) is 30.3 Å². The third kappa shape index (κ3) is 3.79. The lowest BCUT2D eigenvalue weighted by Gasteiger charge is -2.14. The maximum absolute atomic E-state index is 11.8. The van der Waals surface area contributed by atoms with E-state index in [-0.39, 0.29) is 12.1 Å². The number of benzene rings is 2. The molecule has 1 N–H and O–H groups in total. The summed E-state index contributed by atoms with van der Waals surface area (Å²) in [6, 6.07) is 16.1. The standard InChI is InChI=1S/C17H14O2.CHClO2/c1-11(2)17(18)19-16-14-9-5-3-7-12(14)13-8-4-6-10-15(13)16;2-1(3)4/h3-10,16H,1H2,2H3;(H,3,4). The number of carbonyl (C=O) groups excluding carboxylic acids is 1. The number of rotatable bonds is 2. The van der Waals surface area contributed by atoms with Crippen LogP contribution in [0.4, 0.5) is 4.79 Å². The van der Waals surface area contributed by atoms with E-state index in [1.54, 1.807) is 6.92 Å². The summed E-state index contributed by atoms with van der Waals surface area (Å²) in [4.78, 5) is 20.6. The molecule has 0 saturated heterocycles. The van der Waals surface area contributed by atoms with Gasteiger partial charge in [0, 0.05) is 28.3 Å². The van der Waals surface area contributed by atoms with Crippen molar-refractivity contribution in [2.75, 3.05) is 0 Å². The second kappa shape index (κ2) is 7.11. The first-order chi connectivity index (χ1) is 10.9. The zero-order valence-electron chi connectivity index (χ0n) is 12.5. The van der Waals surface area contributed by atoms with Crippen molar-refractivity contribution in [2.24, 2.45) is 0 Å². The van der Waals surface area contributed by atoms with Crippen molar-refractivity contribution >= 4 is 23.0 Å². The predicted octanol–water partition coefficient (Wildman–Crippen LogP) is 4.78. The average molecular weight is 331 g/mol. The number of ether oxygens (including phenoxy) is 1. The fourth-order valence-corrected chi connectivity index (χ4v) is 2.44. The van der Waals surface area contributed by atoms with Crippen molar-refractivity contribution in [3.8, 4) is 11.1 Å². The maximum atomic E-state index is 11.8. The normalized spacial score (nSPS) is 11.6. The molecule has 0 bridgehead atoms. The highest BCUT2D eigenvalue weighted by atomic mass is 35.5. The molecule has 3 rings (SSSR count). The number of hydrogen-bond donors (Lipinski definition) is 1. The van der Waals surface area contributed by atoms with E-state index in [1.165, 1.54) is 0 Å². The van der Waals surface area contributed by atoms with E-state index < -0.39 is 5.43 Å². The average Bonchev–Trinajstić information content (AvgIpc) is 2.82. The summed E-state index contributed by atoms with van der Waals surface area (Å²) in [5.74, 6) is -0.350. The predicted molar refractivity (Wildman–Crippen MR) is 88.5 cm³/mol. The van der Waals surface area contributed by atoms with Crippen LogP contribution in [-0.2, 0) is 9.53 Å². The van der Waals surface area contributed by atoms with Crippen molar-refractivity contribution in [3.63, 3.8) is 0 Å². The van der Waals surface area contributed by atoms with Crippen molar-refractivity contribution in [3.05, 3.63) is 71.8 Å². The van der Waals surface area contributed by atoms with E-state index in [4.69, 9.17) is 14.6 Å². The van der Waals surface area contributed by atoms with Crippen LogP contribution >= 0.6 is 11.6 Å². The first-order valence-electron chi connectivity index (χ1n) is 6.85. The second-order valence-electron chi connectivity index (χ2n) is 4.99. The summed E-state index contributed by atoms with van der Waals surface area (Å²) in [6.45, 7) is 5.30. The topological polar surface area (TPSA) is 63.6 Å². The smallest absolute Gasteiger partial charge is 0.401 e. The van der Waals surface area contributed by atoms with Gasteiger partial charge in [-0.2, -0.15) is 0 Å². The molecule has 0 saturated carbocycles. The molecule has 0 radical (unpaired) electrons. The molecule has 1 aliphatic rings. The third-order valence-corrected chi connectivity index (χ3v) is 3.35. The number of hydrogen-bond acceptors (Lipinski definition) is 3. The van der Waals surface area contributed by atoms with Crippen molar-refractivity contribution in [1.82, 2.24) is 0 Å². The van der Waals surface area contributed by atoms with Gasteiger partial charge in [0.05, 0.1) is 0 Å². The quantitative estimate of drug-likeness (QED) is 0.489. The number of fused-ring (bicyclic) bond motifs is 3. The Hall–Kier alpha value is -2.59. The molecule has 0 fully saturated rings. The molecule has 0 amide bonds. The number of halogens is 1. The molecule has 0 aliphatic heterocycles. The molecule has 0 heterocycles. The Balaban J connectivity index is 0.000000433. The van der Waals surface area contributed by atoms with E-state index >= 15 is 0 Å². The van der Waals surface area contributed by atoms with Crippen molar-refractivity contribution < 1.29 is 19.4 Å². The molecule has 4 nitrogen and oxygen atoms in total. The van der Waals surface area contributed by atoms with Crippen molar-refractivity contribution in [2.45, 2.75) is 13.0 Å². The molecular weight excluding hydrogens is 316 g/mol. The fourth-order valence-electron chi connectivity index (χ4n) is 2.44. The summed E-state index contributed by atoms with van der Waals surface area (Å²) >= 11 is 4.19. The van der Waals surface area contributed by atoms with E-state index in [0.29, 0.717) is 5.57 Å². The Labute approximate surface area is 139 Å². The minimum absolute atomic E-state index is 0.323. The van der Waals surface area contributed by atoms with Crippen LogP contribution in [0.25, 0.3) is 11.1 Å². The molecule has 0 unspecified atom stereocenters. The lowest BCUT2D eigenvalue weighted by molar-refractivity contribution is -0.142. The van der Waals surface area contributed by atoms with Crippen LogP contribution in [0.15, 0.2) is 60.7 Å². The number of carbonyl (C=O) groups is 2. The van der Waals surface area contributed by atoms with Gasteiger partial charge < -0.3 is 9.84 Å². The molecule has 1 aliphatic carbocycles. The zero-order valence-corrected chi connectivity index (χ0v) is 13.2. The molecule has 2 aromatic rings. The molecular formula is C18H15ClO4. The minimum Gasteiger partial charge on any atom is -0.469 e. The van der Waals surface area contributed by atoms with Crippen molar-refractivity contribution in [1.29, 1.82) is 0 Å². The summed E-state index contributed by atoms with van der Waals surface area (Å²) in [7, 11) is 0. The minimum atomic E-state index is -1.36. The summed E-state index contributed by atoms with van der Waals surface area (Å²) < 4.78 is 5.59. The molecule has 0 spiro atoms. The Morgan fingerprint density at radius 3 is 1.83 bits per heavy atom. The van der Waals surface area contributed by atoms with E-state index in [0.717, 1.165) is 22.3 Å². The maximum Gasteiger partial charge on any atom is 0.401 e. The molecule has 23 heavy (non-hydrogen) atoms. The van der Waals surface area contributed by atoms with Crippen LogP contribution in [0.1, 0.15) is 24.2 Å². The van der Waals surface area contributed by atoms with Gasteiger partial charge in [-0.1, -0.05) is 55.1 Å². The lowest BCUT2D eigenvalue weighted by Crippen LogP contribution is -2.10. The Bertz CT molecular complexity index is 718. The molecule has 0 aromatic heterocycles. The number of carboxylic acid groups (broad SMARTS) is 1. The molecule has 118 valence electrons. The van der Waals surface area contributed by atoms with Gasteiger partial charge in [-0.15, -0.1) is 0 Å². The van der Waals surface area contributed by atoms with Crippen LogP contribution in [-0.4, -0.2) is 16.5 Å². The third-order valence-electron chi connectivity index (χ3n) is 3.35. The Kier molecular flexibility index (Phi) is 5.19. The van der Waals surface area contributed by atoms with Gasteiger partial charge in [-0.3, -0.25) is 0 Å². The lowest BCUT2D eigenvalue weighted by atomic mass is 10.1. The van der Waals surface area contributed by atoms with Gasteiger partial charge in [0.1, 0.15) is 0 Å². The molecule has 5 heteroatoms. The van der Waals surface area contributed by atoms with Gasteiger partial charge in [0.15, 0.2) is 6.10 Å². The highest BCUT2D eigenvalue weighted by molar-refractivity contribution is 6.60. The van der Waals surface area contributed by atoms with Gasteiger partial charge in [-0.25, -0.2) is 9.59 Å². The fraction of sp³-hybridized carbons (Fsp3) is 0.111. The second-order valence-corrected chi connectivity index (χ2v) is 5.32. The highest BCUT2D eigenvalue weighted by Gasteiger charge is 2.30. The first-order valence-corrected chi connectivity index (χ1v) is 7.22. The first kappa shape index (κ1) is 16.8. The van der Waals surface area contributed by atoms with Crippen LogP contribution in [0, 0.1) is 0 Å². The van der Waals surface area contributed by atoms with E-state index in [9.17, 15) is 4.79 Å². The van der Waals surface area contributed by atoms with Gasteiger partial charge in [-0.05, 0) is 18.1 Å². The van der Waals surface area contributed by atoms with Gasteiger partial charge in [0.25, 0.3) is 0 Å².